The molecular weight excluding hydrogens is 881 g/mol. The second-order valence-corrected chi connectivity index (χ2v) is 12.2. The molecule has 0 aliphatic rings. The molecule has 0 radical (unpaired) electrons. The Morgan fingerprint density at radius 1 is 0.532 bits per heavy atom. The third-order valence-electron chi connectivity index (χ3n) is 6.81. The summed E-state index contributed by atoms with van der Waals surface area (Å²) >= 11 is 0. The molecule has 0 aliphatic heterocycles. The van der Waals surface area contributed by atoms with Crippen molar-refractivity contribution < 1.29 is 115 Å². The highest BCUT2D eigenvalue weighted by Crippen LogP contribution is 2.48. The van der Waals surface area contributed by atoms with Crippen molar-refractivity contribution in [3.05, 3.63) is 0 Å². The number of rotatable bonds is 41. The molecule has 0 aliphatic carbocycles. The number of nitrogens with one attached hydrogen (secondary N) is 2. The Labute approximate surface area is 351 Å². The summed E-state index contributed by atoms with van der Waals surface area (Å²) in [7, 11) is 0. The van der Waals surface area contributed by atoms with E-state index in [9.17, 15) is 57.9 Å². The molecule has 16 nitrogen and oxygen atoms in total. The van der Waals surface area contributed by atoms with Gasteiger partial charge >= 0.3 is 24.3 Å². The van der Waals surface area contributed by atoms with Gasteiger partial charge in [-0.3, -0.25) is 14.3 Å². The molecular formula is C35H55F11N2O14. The molecule has 0 saturated carbocycles. The van der Waals surface area contributed by atoms with Crippen LogP contribution in [0.2, 0.25) is 0 Å². The van der Waals surface area contributed by atoms with Gasteiger partial charge in [-0.05, 0) is 0 Å². The van der Waals surface area contributed by atoms with Crippen LogP contribution in [0.25, 0.3) is 0 Å². The van der Waals surface area contributed by atoms with Crippen LogP contribution in [0.4, 0.5) is 48.3 Å². The molecule has 2 N–H and O–H groups in total. The van der Waals surface area contributed by atoms with Crippen molar-refractivity contribution in [2.45, 2.75) is 49.7 Å². The highest BCUT2D eigenvalue weighted by atomic mass is 19.4. The third kappa shape index (κ3) is 30.4. The lowest BCUT2D eigenvalue weighted by molar-refractivity contribution is -0.474. The Morgan fingerprint density at radius 3 is 1.24 bits per heavy atom. The highest BCUT2D eigenvalue weighted by Gasteiger charge is 2.76. The first-order chi connectivity index (χ1) is 29.2. The van der Waals surface area contributed by atoms with Crippen LogP contribution in [0.1, 0.15) is 13.3 Å². The molecule has 0 heterocycles. The largest absolute Gasteiger partial charge is 0.457 e. The van der Waals surface area contributed by atoms with Gasteiger partial charge in [0.2, 0.25) is 12.0 Å². The maximum atomic E-state index is 14.2. The average Bonchev–Trinajstić information content (AvgIpc) is 3.18. The topological polar surface area (TPSA) is 169 Å². The summed E-state index contributed by atoms with van der Waals surface area (Å²) in [5.41, 5.74) is 0. The zero-order valence-corrected chi connectivity index (χ0v) is 34.0. The van der Waals surface area contributed by atoms with Gasteiger partial charge in [-0.15, -0.1) is 6.42 Å². The molecule has 0 rings (SSSR count). The smallest absolute Gasteiger partial charge is 0.379 e. The van der Waals surface area contributed by atoms with Crippen LogP contribution >= 0.6 is 0 Å². The van der Waals surface area contributed by atoms with Crippen molar-refractivity contribution in [2.75, 3.05) is 152 Å². The Kier molecular flexibility index (Phi) is 32.2. The Hall–Kier alpha value is -2.75. The minimum atomic E-state index is -6.88. The van der Waals surface area contributed by atoms with E-state index in [4.69, 9.17) is 53.8 Å². The lowest BCUT2D eigenvalue weighted by Crippen LogP contribution is -2.62. The monoisotopic (exact) mass is 936 g/mol. The number of amides is 2. The van der Waals surface area contributed by atoms with Crippen molar-refractivity contribution in [3.8, 4) is 12.3 Å². The summed E-state index contributed by atoms with van der Waals surface area (Å²) in [5.74, 6) is -11.1. The first-order valence-corrected chi connectivity index (χ1v) is 18.8. The van der Waals surface area contributed by atoms with Gasteiger partial charge in [-0.1, -0.05) is 5.92 Å². The molecule has 2 atom stereocenters. The van der Waals surface area contributed by atoms with Crippen LogP contribution in [0.3, 0.4) is 0 Å². The number of alkyl halides is 11. The first-order valence-electron chi connectivity index (χ1n) is 18.8. The van der Waals surface area contributed by atoms with E-state index < -0.39 is 62.0 Å². The SMILES string of the molecule is C#CCOCCOCCOCCOCCOCCC(=O)NCCOCCOCCOCCOCCOCCNC(=O)C(OC(F)(F)C(F)(OCC(C)(F)F)C(F)(F)F)C(F)(F)F. The fourth-order valence-corrected chi connectivity index (χ4v) is 3.90. The van der Waals surface area contributed by atoms with Crippen LogP contribution in [0.15, 0.2) is 0 Å². The zero-order valence-electron chi connectivity index (χ0n) is 34.0. The van der Waals surface area contributed by atoms with E-state index in [1.165, 1.54) is 5.32 Å². The predicted octanol–water partition coefficient (Wildman–Crippen LogP) is 2.85. The maximum Gasteiger partial charge on any atom is 0.457 e. The molecule has 62 heavy (non-hydrogen) atoms. The lowest BCUT2D eigenvalue weighted by atomic mass is 10.2. The predicted molar refractivity (Wildman–Crippen MR) is 190 cm³/mol. The Bertz CT molecular complexity index is 1200. The van der Waals surface area contributed by atoms with Crippen molar-refractivity contribution in [1.82, 2.24) is 10.6 Å². The number of carbonyl (C=O) groups is 2. The maximum absolute atomic E-state index is 14.2. The Morgan fingerprint density at radius 2 is 0.887 bits per heavy atom. The third-order valence-corrected chi connectivity index (χ3v) is 6.81. The number of ether oxygens (including phenoxy) is 12. The van der Waals surface area contributed by atoms with E-state index in [0.717, 1.165) is 0 Å². The molecule has 366 valence electrons. The molecule has 2 unspecified atom stereocenters. The van der Waals surface area contributed by atoms with Crippen LogP contribution < -0.4 is 10.6 Å². The summed E-state index contributed by atoms with van der Waals surface area (Å²) in [6.45, 7) is 1.09. The van der Waals surface area contributed by atoms with Gasteiger partial charge in [0.15, 0.2) is 0 Å². The molecule has 0 aromatic heterocycles. The molecule has 2 amide bonds. The quantitative estimate of drug-likeness (QED) is 0.0522. The molecule has 0 aromatic rings. The molecule has 0 bridgehead atoms. The summed E-state index contributed by atoms with van der Waals surface area (Å²) in [5, 5.41) is 4.11. The van der Waals surface area contributed by atoms with Crippen molar-refractivity contribution in [1.29, 1.82) is 0 Å². The summed E-state index contributed by atoms with van der Waals surface area (Å²) in [6, 6.07) is 0. The minimum Gasteiger partial charge on any atom is -0.379 e. The fraction of sp³-hybridized carbons (Fsp3) is 0.886. The number of carbonyl (C=O) groups excluding carboxylic acids is 2. The van der Waals surface area contributed by atoms with Crippen molar-refractivity contribution in [3.63, 3.8) is 0 Å². The van der Waals surface area contributed by atoms with E-state index in [2.05, 4.69) is 20.7 Å². The highest BCUT2D eigenvalue weighted by molar-refractivity contribution is 5.81. The Balaban J connectivity index is 3.80. The molecule has 27 heteroatoms. The van der Waals surface area contributed by atoms with Gasteiger partial charge in [0.1, 0.15) is 13.2 Å². The second kappa shape index (κ2) is 33.7. The molecule has 0 spiro atoms. The number of terminal acetylenes is 1. The van der Waals surface area contributed by atoms with E-state index in [1.807, 2.05) is 0 Å². The number of halogens is 11. The fourth-order valence-electron chi connectivity index (χ4n) is 3.90. The summed E-state index contributed by atoms with van der Waals surface area (Å²) in [4.78, 5) is 23.7. The van der Waals surface area contributed by atoms with Crippen molar-refractivity contribution in [2.24, 2.45) is 0 Å². The van der Waals surface area contributed by atoms with Crippen LogP contribution in [-0.4, -0.2) is 200 Å². The van der Waals surface area contributed by atoms with E-state index in [0.29, 0.717) is 59.4 Å². The van der Waals surface area contributed by atoms with Crippen LogP contribution in [0, 0.1) is 12.3 Å². The summed E-state index contributed by atoms with van der Waals surface area (Å²) < 4.78 is 205. The van der Waals surface area contributed by atoms with Gasteiger partial charge in [-0.25, -0.2) is 8.78 Å². The number of hydrogen-bond donors (Lipinski definition) is 2. The normalized spacial score (nSPS) is 14.0. The van der Waals surface area contributed by atoms with Crippen LogP contribution in [0.5, 0.6) is 0 Å². The minimum absolute atomic E-state index is 0.0651. The van der Waals surface area contributed by atoms with Crippen molar-refractivity contribution >= 4 is 11.8 Å². The lowest BCUT2D eigenvalue weighted by Gasteiger charge is -2.36. The summed E-state index contributed by atoms with van der Waals surface area (Å²) in [6.07, 6.45) is -18.8. The average molecular weight is 937 g/mol. The molecule has 0 saturated heterocycles. The molecule has 0 fully saturated rings. The van der Waals surface area contributed by atoms with E-state index >= 15 is 0 Å². The standard InChI is InChI=1S/C35H55F11N2O14/c1-3-7-51-11-15-55-19-23-59-24-20-56-16-12-52-8-4-28(49)47-5-9-53-13-17-57-21-25-60-26-22-58-18-14-54-10-6-48-30(50)29(32(38,39)40)62-35(45,46)33(41,34(42,43)44)61-27-31(2,36)37/h1,29H,4-27H2,2H3,(H,47,49)(H,48,50). The van der Waals surface area contributed by atoms with Gasteiger partial charge in [0.25, 0.3) is 11.8 Å². The second-order valence-electron chi connectivity index (χ2n) is 12.2. The van der Waals surface area contributed by atoms with E-state index in [-0.39, 0.29) is 91.9 Å². The number of hydrogen-bond acceptors (Lipinski definition) is 14. The zero-order chi connectivity index (χ0) is 46.8. The van der Waals surface area contributed by atoms with E-state index in [1.54, 1.807) is 0 Å². The first kappa shape index (κ1) is 59.2. The van der Waals surface area contributed by atoms with Crippen LogP contribution in [-0.2, 0) is 66.4 Å². The van der Waals surface area contributed by atoms with Gasteiger partial charge in [0, 0.05) is 26.4 Å². The molecule has 0 aromatic carbocycles. The van der Waals surface area contributed by atoms with Gasteiger partial charge in [-0.2, -0.15) is 39.5 Å². The van der Waals surface area contributed by atoms with Gasteiger partial charge < -0.3 is 62.7 Å². The van der Waals surface area contributed by atoms with Gasteiger partial charge in [0.05, 0.1) is 126 Å².